The Kier molecular flexibility index (Phi) is 6.59. The van der Waals surface area contributed by atoms with Crippen molar-refractivity contribution in [1.82, 2.24) is 4.90 Å². The lowest BCUT2D eigenvalue weighted by Crippen LogP contribution is -2.29. The second kappa shape index (κ2) is 8.48. The molecule has 0 saturated heterocycles. The minimum Gasteiger partial charge on any atom is -0.299 e. The van der Waals surface area contributed by atoms with Crippen molar-refractivity contribution in [1.29, 1.82) is 0 Å². The number of benzene rings is 2. The van der Waals surface area contributed by atoms with Gasteiger partial charge in [0.15, 0.2) is 0 Å². The first kappa shape index (κ1) is 19.4. The largest absolute Gasteiger partial charge is 0.416 e. The number of nitrogens with zero attached hydrogens (tertiary/aromatic N) is 1. The molecule has 1 nitrogen and oxygen atoms in total. The van der Waals surface area contributed by atoms with Crippen molar-refractivity contribution >= 4 is 0 Å². The summed E-state index contributed by atoms with van der Waals surface area (Å²) in [5.74, 6) is -0.412. The summed E-state index contributed by atoms with van der Waals surface area (Å²) in [5.41, 5.74) is 0.591. The van der Waals surface area contributed by atoms with E-state index >= 15 is 0 Å². The summed E-state index contributed by atoms with van der Waals surface area (Å²) in [6, 6.07) is 12.7. The summed E-state index contributed by atoms with van der Waals surface area (Å²) in [5, 5.41) is 0. The Morgan fingerprint density at radius 1 is 0.960 bits per heavy atom. The molecule has 0 N–H and O–H groups in total. The van der Waals surface area contributed by atoms with Crippen LogP contribution >= 0.6 is 0 Å². The lowest BCUT2D eigenvalue weighted by molar-refractivity contribution is -0.137. The van der Waals surface area contributed by atoms with Gasteiger partial charge in [-0.15, -0.1) is 0 Å². The number of hydrogen-bond donors (Lipinski definition) is 0. The van der Waals surface area contributed by atoms with Gasteiger partial charge in [-0.25, -0.2) is 4.39 Å². The number of alkyl halides is 3. The van der Waals surface area contributed by atoms with E-state index in [-0.39, 0.29) is 0 Å². The molecule has 25 heavy (non-hydrogen) atoms. The zero-order valence-corrected chi connectivity index (χ0v) is 14.5. The van der Waals surface area contributed by atoms with Crippen LogP contribution in [0.3, 0.4) is 0 Å². The molecule has 0 radical (unpaired) electrons. The monoisotopic (exact) mass is 353 g/mol. The third-order valence-electron chi connectivity index (χ3n) is 3.87. The quantitative estimate of drug-likeness (QED) is 0.590. The maximum atomic E-state index is 13.5. The third-order valence-corrected chi connectivity index (χ3v) is 3.87. The van der Waals surface area contributed by atoms with Gasteiger partial charge in [0.2, 0.25) is 0 Å². The van der Waals surface area contributed by atoms with Crippen LogP contribution in [-0.2, 0) is 19.1 Å². The van der Waals surface area contributed by atoms with Crippen molar-refractivity contribution in [2.24, 2.45) is 5.92 Å². The first-order valence-corrected chi connectivity index (χ1v) is 8.37. The van der Waals surface area contributed by atoms with Crippen LogP contribution in [0, 0.1) is 11.7 Å². The highest BCUT2D eigenvalue weighted by Crippen LogP contribution is 2.30. The fourth-order valence-electron chi connectivity index (χ4n) is 2.84. The lowest BCUT2D eigenvalue weighted by Gasteiger charge is -2.24. The molecule has 0 aliphatic heterocycles. The molecule has 0 amide bonds. The molecule has 2 rings (SSSR count). The summed E-state index contributed by atoms with van der Waals surface area (Å²) in [7, 11) is 0. The van der Waals surface area contributed by atoms with Gasteiger partial charge >= 0.3 is 6.18 Å². The van der Waals surface area contributed by atoms with Crippen LogP contribution in [0.4, 0.5) is 17.6 Å². The van der Waals surface area contributed by atoms with Crippen molar-refractivity contribution in [3.8, 4) is 0 Å². The molecular formula is C20H23F4N. The van der Waals surface area contributed by atoms with E-state index in [0.29, 0.717) is 30.5 Å². The van der Waals surface area contributed by atoms with E-state index < -0.39 is 17.6 Å². The molecule has 0 saturated carbocycles. The fraction of sp³-hybridized carbons (Fsp3) is 0.400. The van der Waals surface area contributed by atoms with Gasteiger partial charge in [0, 0.05) is 19.6 Å². The first-order chi connectivity index (χ1) is 11.7. The maximum Gasteiger partial charge on any atom is 0.416 e. The summed E-state index contributed by atoms with van der Waals surface area (Å²) in [6.45, 7) is 6.33. The van der Waals surface area contributed by atoms with Crippen LogP contribution in [-0.4, -0.2) is 18.0 Å². The summed E-state index contributed by atoms with van der Waals surface area (Å²) < 4.78 is 52.0. The highest BCUT2D eigenvalue weighted by molar-refractivity contribution is 5.27. The molecule has 136 valence electrons. The number of halogens is 4. The Bertz CT molecular complexity index is 665. The number of hydrogen-bond acceptors (Lipinski definition) is 1. The normalized spacial score (nSPS) is 12.2. The average molecular weight is 353 g/mol. The van der Waals surface area contributed by atoms with Crippen molar-refractivity contribution in [2.45, 2.75) is 33.0 Å². The maximum absolute atomic E-state index is 13.5. The van der Waals surface area contributed by atoms with Gasteiger partial charge in [-0.1, -0.05) is 44.2 Å². The summed E-state index contributed by atoms with van der Waals surface area (Å²) in [6.07, 6.45) is -4.15. The summed E-state index contributed by atoms with van der Waals surface area (Å²) >= 11 is 0. The zero-order chi connectivity index (χ0) is 18.4. The van der Waals surface area contributed by atoms with E-state index in [4.69, 9.17) is 0 Å². The Labute approximate surface area is 146 Å². The molecule has 0 unspecified atom stereocenters. The third kappa shape index (κ3) is 6.50. The predicted octanol–water partition coefficient (Wildman–Crippen LogP) is 5.55. The van der Waals surface area contributed by atoms with Crippen LogP contribution in [0.15, 0.2) is 48.5 Å². The molecule has 0 heterocycles. The Morgan fingerprint density at radius 2 is 1.64 bits per heavy atom. The van der Waals surface area contributed by atoms with Crippen molar-refractivity contribution in [3.05, 3.63) is 71.0 Å². The Hall–Kier alpha value is -1.88. The smallest absolute Gasteiger partial charge is 0.299 e. The topological polar surface area (TPSA) is 3.24 Å². The molecule has 0 aliphatic rings. The molecule has 0 aliphatic carbocycles. The highest BCUT2D eigenvalue weighted by atomic mass is 19.4. The van der Waals surface area contributed by atoms with Gasteiger partial charge in [-0.2, -0.15) is 13.2 Å². The minimum absolute atomic E-state index is 0.370. The van der Waals surface area contributed by atoms with Gasteiger partial charge in [-0.3, -0.25) is 4.90 Å². The number of rotatable bonds is 7. The van der Waals surface area contributed by atoms with Gasteiger partial charge < -0.3 is 0 Å². The summed E-state index contributed by atoms with van der Waals surface area (Å²) in [4.78, 5) is 2.19. The average Bonchev–Trinajstić information content (AvgIpc) is 2.52. The second-order valence-corrected chi connectivity index (χ2v) is 6.71. The molecule has 0 fully saturated rings. The molecule has 0 atom stereocenters. The molecule has 5 heteroatoms. The van der Waals surface area contributed by atoms with Gasteiger partial charge in [-0.05, 0) is 41.7 Å². The van der Waals surface area contributed by atoms with Crippen LogP contribution in [0.2, 0.25) is 0 Å². The van der Waals surface area contributed by atoms with E-state index in [1.54, 1.807) is 0 Å². The van der Waals surface area contributed by atoms with E-state index in [9.17, 15) is 17.6 Å². The fourth-order valence-corrected chi connectivity index (χ4v) is 2.84. The Morgan fingerprint density at radius 3 is 2.24 bits per heavy atom. The molecule has 2 aromatic rings. The van der Waals surface area contributed by atoms with Crippen LogP contribution in [0.25, 0.3) is 0 Å². The van der Waals surface area contributed by atoms with E-state index in [0.717, 1.165) is 24.7 Å². The molecule has 0 spiro atoms. The SMILES string of the molecule is CC(C)CN(CCc1cc(F)cc(C(F)(F)F)c1)Cc1ccccc1. The van der Waals surface area contributed by atoms with Crippen LogP contribution in [0.1, 0.15) is 30.5 Å². The second-order valence-electron chi connectivity index (χ2n) is 6.71. The van der Waals surface area contributed by atoms with Gasteiger partial charge in [0.05, 0.1) is 5.56 Å². The lowest BCUT2D eigenvalue weighted by atomic mass is 10.1. The first-order valence-electron chi connectivity index (χ1n) is 8.37. The van der Waals surface area contributed by atoms with E-state index in [1.165, 1.54) is 6.07 Å². The molecule has 2 aromatic carbocycles. The molecule has 0 bridgehead atoms. The van der Waals surface area contributed by atoms with E-state index in [2.05, 4.69) is 18.7 Å². The van der Waals surface area contributed by atoms with Crippen LogP contribution in [0.5, 0.6) is 0 Å². The Balaban J connectivity index is 2.08. The van der Waals surface area contributed by atoms with Crippen molar-refractivity contribution in [3.63, 3.8) is 0 Å². The van der Waals surface area contributed by atoms with Gasteiger partial charge in [0.1, 0.15) is 5.82 Å². The zero-order valence-electron chi connectivity index (χ0n) is 14.5. The predicted molar refractivity (Wildman–Crippen MR) is 91.7 cm³/mol. The molecular weight excluding hydrogens is 330 g/mol. The van der Waals surface area contributed by atoms with E-state index in [1.807, 2.05) is 30.3 Å². The standard InChI is InChI=1S/C20H23F4N/c1-15(2)13-25(14-16-6-4-3-5-7-16)9-8-17-10-18(20(22,23)24)12-19(21)11-17/h3-7,10-12,15H,8-9,13-14H2,1-2H3. The van der Waals surface area contributed by atoms with Crippen molar-refractivity contribution in [2.75, 3.05) is 13.1 Å². The van der Waals surface area contributed by atoms with Gasteiger partial charge in [0.25, 0.3) is 0 Å². The highest BCUT2D eigenvalue weighted by Gasteiger charge is 2.31. The van der Waals surface area contributed by atoms with Crippen LogP contribution < -0.4 is 0 Å². The van der Waals surface area contributed by atoms with Crippen molar-refractivity contribution < 1.29 is 17.6 Å². The molecule has 0 aromatic heterocycles. The minimum atomic E-state index is -4.53.